The van der Waals surface area contributed by atoms with Crippen molar-refractivity contribution in [2.24, 2.45) is 5.41 Å². The number of amides is 1. The number of nitro benzene ring substituents is 1. The second-order valence-corrected chi connectivity index (χ2v) is 11.1. The van der Waals surface area contributed by atoms with Gasteiger partial charge in [0.1, 0.15) is 0 Å². The highest BCUT2D eigenvalue weighted by Crippen LogP contribution is 2.30. The van der Waals surface area contributed by atoms with Crippen LogP contribution in [0.4, 0.5) is 5.69 Å². The molecule has 1 heterocycles. The molecule has 1 N–H and O–H groups in total. The number of carbonyl (C=O) groups is 1. The van der Waals surface area contributed by atoms with E-state index in [0.717, 1.165) is 11.1 Å². The molecule has 38 heavy (non-hydrogen) atoms. The van der Waals surface area contributed by atoms with E-state index in [4.69, 9.17) is 0 Å². The van der Waals surface area contributed by atoms with Crippen molar-refractivity contribution in [3.05, 3.63) is 111 Å². The van der Waals surface area contributed by atoms with Gasteiger partial charge in [0.15, 0.2) is 11.0 Å². The molecule has 0 fully saturated rings. The van der Waals surface area contributed by atoms with Gasteiger partial charge in [-0.05, 0) is 36.6 Å². The Morgan fingerprint density at radius 1 is 1.00 bits per heavy atom. The predicted molar refractivity (Wildman–Crippen MR) is 149 cm³/mol. The van der Waals surface area contributed by atoms with Gasteiger partial charge < -0.3 is 5.32 Å². The minimum absolute atomic E-state index is 0.000732. The molecule has 1 amide bonds. The Labute approximate surface area is 226 Å². The first-order chi connectivity index (χ1) is 18.1. The summed E-state index contributed by atoms with van der Waals surface area (Å²) >= 11 is 1.53. The van der Waals surface area contributed by atoms with E-state index in [1.807, 2.05) is 61.7 Å². The Morgan fingerprint density at radius 3 is 2.32 bits per heavy atom. The topological polar surface area (TPSA) is 103 Å². The fourth-order valence-corrected chi connectivity index (χ4v) is 4.85. The SMILES string of the molecule is Cc1cccc(CSc2nnc(C(Cc3ccccc3)NC(=O)C(C)(C)C)n2-c2ccc([N+](=O)[O-])cc2)c1. The summed E-state index contributed by atoms with van der Waals surface area (Å²) in [4.78, 5) is 24.0. The molecule has 0 bridgehead atoms. The van der Waals surface area contributed by atoms with E-state index in [1.54, 1.807) is 12.1 Å². The first kappa shape index (κ1) is 27.1. The normalized spacial score (nSPS) is 12.2. The molecule has 196 valence electrons. The molecule has 8 nitrogen and oxygen atoms in total. The Balaban J connectivity index is 1.77. The third kappa shape index (κ3) is 6.66. The van der Waals surface area contributed by atoms with Crippen LogP contribution < -0.4 is 5.32 Å². The number of nitrogens with zero attached hydrogens (tertiary/aromatic N) is 4. The van der Waals surface area contributed by atoms with Crippen LogP contribution in [-0.2, 0) is 17.0 Å². The molecular weight excluding hydrogens is 498 g/mol. The van der Waals surface area contributed by atoms with Crippen molar-refractivity contribution >= 4 is 23.4 Å². The Morgan fingerprint density at radius 2 is 1.68 bits per heavy atom. The zero-order valence-electron chi connectivity index (χ0n) is 21.9. The average molecular weight is 530 g/mol. The lowest BCUT2D eigenvalue weighted by atomic mass is 9.94. The summed E-state index contributed by atoms with van der Waals surface area (Å²) in [5.41, 5.74) is 3.45. The Kier molecular flexibility index (Phi) is 8.26. The number of nitro groups is 1. The van der Waals surface area contributed by atoms with Crippen molar-refractivity contribution in [1.82, 2.24) is 20.1 Å². The molecule has 1 aromatic heterocycles. The number of hydrogen-bond acceptors (Lipinski definition) is 6. The van der Waals surface area contributed by atoms with E-state index in [0.29, 0.717) is 28.8 Å². The van der Waals surface area contributed by atoms with Crippen molar-refractivity contribution in [1.29, 1.82) is 0 Å². The number of aromatic nitrogens is 3. The summed E-state index contributed by atoms with van der Waals surface area (Å²) < 4.78 is 1.89. The summed E-state index contributed by atoms with van der Waals surface area (Å²) in [6.45, 7) is 7.65. The van der Waals surface area contributed by atoms with Crippen LogP contribution in [0.3, 0.4) is 0 Å². The molecule has 1 unspecified atom stereocenters. The number of thioether (sulfide) groups is 1. The van der Waals surface area contributed by atoms with Gasteiger partial charge in [0.05, 0.1) is 11.0 Å². The molecule has 0 saturated heterocycles. The number of rotatable bonds is 9. The average Bonchev–Trinajstić information content (AvgIpc) is 3.31. The van der Waals surface area contributed by atoms with Gasteiger partial charge in [-0.2, -0.15) is 0 Å². The molecule has 4 aromatic rings. The predicted octanol–water partition coefficient (Wildman–Crippen LogP) is 6.22. The zero-order chi connectivity index (χ0) is 27.3. The third-order valence-corrected chi connectivity index (χ3v) is 7.01. The van der Waals surface area contributed by atoms with Crippen LogP contribution >= 0.6 is 11.8 Å². The van der Waals surface area contributed by atoms with Crippen LogP contribution in [0.2, 0.25) is 0 Å². The summed E-state index contributed by atoms with van der Waals surface area (Å²) in [5.74, 6) is 1.13. The van der Waals surface area contributed by atoms with Crippen molar-refractivity contribution in [3.8, 4) is 5.69 Å². The minimum atomic E-state index is -0.601. The summed E-state index contributed by atoms with van der Waals surface area (Å²) in [7, 11) is 0. The molecule has 0 spiro atoms. The van der Waals surface area contributed by atoms with Gasteiger partial charge in [0.25, 0.3) is 5.69 Å². The highest BCUT2D eigenvalue weighted by Gasteiger charge is 2.29. The Bertz CT molecular complexity index is 1410. The first-order valence-electron chi connectivity index (χ1n) is 12.3. The number of carbonyl (C=O) groups excluding carboxylic acids is 1. The van der Waals surface area contributed by atoms with E-state index in [-0.39, 0.29) is 11.6 Å². The van der Waals surface area contributed by atoms with Crippen LogP contribution in [-0.4, -0.2) is 25.6 Å². The highest BCUT2D eigenvalue weighted by atomic mass is 32.2. The molecule has 0 aliphatic rings. The van der Waals surface area contributed by atoms with Crippen LogP contribution in [0.5, 0.6) is 0 Å². The van der Waals surface area contributed by atoms with E-state index in [1.165, 1.54) is 29.5 Å². The number of hydrogen-bond donors (Lipinski definition) is 1. The van der Waals surface area contributed by atoms with Crippen molar-refractivity contribution in [2.45, 2.75) is 51.1 Å². The molecule has 0 saturated carbocycles. The third-order valence-electron chi connectivity index (χ3n) is 6.01. The standard InChI is InChI=1S/C29H31N5O3S/c1-20-9-8-12-22(17-20)19-38-28-32-31-26(33(28)23-13-15-24(16-14-23)34(36)37)25(30-27(35)29(2,3)4)18-21-10-6-5-7-11-21/h5-17,25H,18-19H2,1-4H3,(H,30,35). The lowest BCUT2D eigenvalue weighted by molar-refractivity contribution is -0.384. The summed E-state index contributed by atoms with van der Waals surface area (Å²) in [6, 6.07) is 24.0. The number of benzene rings is 3. The molecule has 4 rings (SSSR count). The molecular formula is C29H31N5O3S. The zero-order valence-corrected chi connectivity index (χ0v) is 22.7. The molecule has 0 aliphatic carbocycles. The second-order valence-electron chi connectivity index (χ2n) is 10.2. The summed E-state index contributed by atoms with van der Waals surface area (Å²) in [6.07, 6.45) is 0.510. The van der Waals surface area contributed by atoms with Crippen molar-refractivity contribution in [2.75, 3.05) is 0 Å². The van der Waals surface area contributed by atoms with Gasteiger partial charge in [-0.15, -0.1) is 10.2 Å². The number of non-ortho nitro benzene ring substituents is 1. The fraction of sp³-hybridized carbons (Fsp3) is 0.276. The maximum absolute atomic E-state index is 13.1. The molecule has 1 atom stereocenters. The quantitative estimate of drug-likeness (QED) is 0.157. The maximum Gasteiger partial charge on any atom is 0.269 e. The molecule has 0 radical (unpaired) electrons. The summed E-state index contributed by atoms with van der Waals surface area (Å²) in [5, 5.41) is 24.1. The van der Waals surface area contributed by atoms with Gasteiger partial charge >= 0.3 is 0 Å². The van der Waals surface area contributed by atoms with E-state index >= 15 is 0 Å². The minimum Gasteiger partial charge on any atom is -0.345 e. The smallest absolute Gasteiger partial charge is 0.269 e. The molecule has 3 aromatic carbocycles. The largest absolute Gasteiger partial charge is 0.345 e. The first-order valence-corrected chi connectivity index (χ1v) is 13.3. The van der Waals surface area contributed by atoms with Gasteiger partial charge in [0.2, 0.25) is 5.91 Å². The van der Waals surface area contributed by atoms with Crippen molar-refractivity contribution < 1.29 is 9.72 Å². The molecule has 0 aliphatic heterocycles. The number of aryl methyl sites for hydroxylation is 1. The van der Waals surface area contributed by atoms with Crippen LogP contribution in [0, 0.1) is 22.5 Å². The molecule has 9 heteroatoms. The highest BCUT2D eigenvalue weighted by molar-refractivity contribution is 7.98. The van der Waals surface area contributed by atoms with Crippen LogP contribution in [0.25, 0.3) is 5.69 Å². The Hall–Kier alpha value is -3.98. The second kappa shape index (κ2) is 11.6. The van der Waals surface area contributed by atoms with Crippen molar-refractivity contribution in [3.63, 3.8) is 0 Å². The number of nitrogens with one attached hydrogen (secondary N) is 1. The van der Waals surface area contributed by atoms with Gasteiger partial charge in [-0.25, -0.2) is 0 Å². The van der Waals surface area contributed by atoms with Gasteiger partial charge in [0, 0.05) is 29.0 Å². The monoisotopic (exact) mass is 529 g/mol. The lowest BCUT2D eigenvalue weighted by Crippen LogP contribution is -2.39. The van der Waals surface area contributed by atoms with E-state index in [9.17, 15) is 14.9 Å². The van der Waals surface area contributed by atoms with Gasteiger partial charge in [-0.1, -0.05) is 92.7 Å². The fourth-order valence-electron chi connectivity index (χ4n) is 3.95. The van der Waals surface area contributed by atoms with Crippen LogP contribution in [0.15, 0.2) is 84.0 Å². The lowest BCUT2D eigenvalue weighted by Gasteiger charge is -2.25. The van der Waals surface area contributed by atoms with Crippen LogP contribution in [0.1, 0.15) is 49.3 Å². The van der Waals surface area contributed by atoms with Gasteiger partial charge in [-0.3, -0.25) is 19.5 Å². The van der Waals surface area contributed by atoms with E-state index < -0.39 is 16.4 Å². The maximum atomic E-state index is 13.1. The van der Waals surface area contributed by atoms with E-state index in [2.05, 4.69) is 40.6 Å².